The molecule has 0 bridgehead atoms. The van der Waals surface area contributed by atoms with Crippen molar-refractivity contribution in [1.82, 2.24) is 15.2 Å². The van der Waals surface area contributed by atoms with E-state index >= 15 is 0 Å². The number of rotatable bonds is 2. The lowest BCUT2D eigenvalue weighted by Crippen LogP contribution is -2.22. The van der Waals surface area contributed by atoms with Crippen LogP contribution in [-0.2, 0) is 0 Å². The van der Waals surface area contributed by atoms with Crippen molar-refractivity contribution in [2.45, 2.75) is 6.92 Å². The zero-order valence-electron chi connectivity index (χ0n) is 9.60. The second-order valence-electron chi connectivity index (χ2n) is 3.55. The number of urea groups is 1. The van der Waals surface area contributed by atoms with Gasteiger partial charge in [0.25, 0.3) is 5.56 Å². The topological polar surface area (TPSA) is 99.8 Å². The van der Waals surface area contributed by atoms with Gasteiger partial charge in [-0.05, 0) is 25.1 Å². The van der Waals surface area contributed by atoms with E-state index in [1.54, 1.807) is 12.1 Å². The molecular formula is C11H11N5O2. The molecule has 0 saturated heterocycles. The molecule has 0 spiro atoms. The fraction of sp³-hybridized carbons (Fsp3) is 0.0909. The normalized spacial score (nSPS) is 9.83. The Bertz CT molecular complexity index is 602. The Morgan fingerprint density at radius 2 is 1.94 bits per heavy atom. The second kappa shape index (κ2) is 5.09. The van der Waals surface area contributed by atoms with E-state index in [0.29, 0.717) is 5.82 Å². The highest BCUT2D eigenvalue weighted by Gasteiger charge is 2.04. The summed E-state index contributed by atoms with van der Waals surface area (Å²) in [6.45, 7) is 1.83. The molecule has 2 heterocycles. The molecule has 2 amide bonds. The number of hydrogen-bond donors (Lipinski definition) is 3. The first-order chi connectivity index (χ1) is 8.63. The molecule has 2 rings (SSSR count). The molecule has 18 heavy (non-hydrogen) atoms. The Kier molecular flexibility index (Phi) is 3.33. The number of nitrogens with zero attached hydrogens (tertiary/aromatic N) is 2. The van der Waals surface area contributed by atoms with Crippen LogP contribution in [0.2, 0.25) is 0 Å². The Hall–Kier alpha value is -2.70. The van der Waals surface area contributed by atoms with E-state index in [0.717, 1.165) is 5.69 Å². The SMILES string of the molecule is Cc1cccc(NC(=O)Nc2ccc(=O)[nH]n2)n1. The lowest BCUT2D eigenvalue weighted by molar-refractivity contribution is 0.262. The van der Waals surface area contributed by atoms with Crippen LogP contribution >= 0.6 is 0 Å². The van der Waals surface area contributed by atoms with Gasteiger partial charge in [-0.1, -0.05) is 6.07 Å². The van der Waals surface area contributed by atoms with E-state index in [4.69, 9.17) is 0 Å². The third-order valence-corrected chi connectivity index (χ3v) is 2.05. The molecule has 0 aromatic carbocycles. The minimum Gasteiger partial charge on any atom is -0.292 e. The zero-order chi connectivity index (χ0) is 13.0. The van der Waals surface area contributed by atoms with Crippen LogP contribution in [0.15, 0.2) is 35.1 Å². The predicted molar refractivity (Wildman–Crippen MR) is 66.5 cm³/mol. The van der Waals surface area contributed by atoms with Crippen LogP contribution in [0.5, 0.6) is 0 Å². The van der Waals surface area contributed by atoms with Gasteiger partial charge in [-0.25, -0.2) is 14.9 Å². The van der Waals surface area contributed by atoms with Gasteiger partial charge in [0.15, 0.2) is 5.82 Å². The van der Waals surface area contributed by atoms with E-state index < -0.39 is 6.03 Å². The maximum Gasteiger partial charge on any atom is 0.326 e. The van der Waals surface area contributed by atoms with E-state index in [1.165, 1.54) is 12.1 Å². The second-order valence-corrected chi connectivity index (χ2v) is 3.55. The number of carbonyl (C=O) groups is 1. The number of anilines is 2. The first-order valence-electron chi connectivity index (χ1n) is 5.21. The van der Waals surface area contributed by atoms with Crippen molar-refractivity contribution in [3.8, 4) is 0 Å². The minimum absolute atomic E-state index is 0.250. The average molecular weight is 245 g/mol. The predicted octanol–water partition coefficient (Wildman–Crippen LogP) is 1.12. The van der Waals surface area contributed by atoms with Crippen molar-refractivity contribution in [3.05, 3.63) is 46.4 Å². The minimum atomic E-state index is -0.479. The van der Waals surface area contributed by atoms with Crippen LogP contribution in [0.3, 0.4) is 0 Å². The highest BCUT2D eigenvalue weighted by Crippen LogP contribution is 2.04. The van der Waals surface area contributed by atoms with Gasteiger partial charge in [-0.2, -0.15) is 5.10 Å². The van der Waals surface area contributed by atoms with Crippen molar-refractivity contribution in [2.75, 3.05) is 10.6 Å². The number of nitrogens with one attached hydrogen (secondary N) is 3. The molecule has 7 heteroatoms. The number of hydrogen-bond acceptors (Lipinski definition) is 4. The quantitative estimate of drug-likeness (QED) is 0.738. The van der Waals surface area contributed by atoms with Gasteiger partial charge in [-0.3, -0.25) is 15.4 Å². The summed E-state index contributed by atoms with van der Waals surface area (Å²) < 4.78 is 0. The maximum atomic E-state index is 11.6. The molecule has 2 aromatic heterocycles. The van der Waals surface area contributed by atoms with Gasteiger partial charge >= 0.3 is 6.03 Å². The number of aromatic amines is 1. The molecule has 0 unspecified atom stereocenters. The van der Waals surface area contributed by atoms with Crippen LogP contribution in [0, 0.1) is 6.92 Å². The van der Waals surface area contributed by atoms with Gasteiger partial charge in [0, 0.05) is 11.8 Å². The van der Waals surface area contributed by atoms with E-state index in [1.807, 2.05) is 13.0 Å². The van der Waals surface area contributed by atoms with Gasteiger partial charge in [0.05, 0.1) is 0 Å². The third-order valence-electron chi connectivity index (χ3n) is 2.05. The van der Waals surface area contributed by atoms with Crippen LogP contribution < -0.4 is 16.2 Å². The molecule has 92 valence electrons. The Balaban J connectivity index is 2.01. The zero-order valence-corrected chi connectivity index (χ0v) is 9.60. The molecule has 2 aromatic rings. The molecule has 0 aliphatic heterocycles. The number of pyridine rings is 1. The molecular weight excluding hydrogens is 234 g/mol. The van der Waals surface area contributed by atoms with Crippen molar-refractivity contribution < 1.29 is 4.79 Å². The Morgan fingerprint density at radius 3 is 2.61 bits per heavy atom. The first kappa shape index (κ1) is 11.8. The number of H-pyrrole nitrogens is 1. The van der Waals surface area contributed by atoms with Crippen molar-refractivity contribution >= 4 is 17.7 Å². The molecule has 3 N–H and O–H groups in total. The Morgan fingerprint density at radius 1 is 1.17 bits per heavy atom. The number of aryl methyl sites for hydroxylation is 1. The fourth-order valence-corrected chi connectivity index (χ4v) is 1.29. The lowest BCUT2D eigenvalue weighted by atomic mass is 10.4. The molecule has 0 saturated carbocycles. The van der Waals surface area contributed by atoms with Crippen LogP contribution in [0.1, 0.15) is 5.69 Å². The Labute approximate surface area is 102 Å². The smallest absolute Gasteiger partial charge is 0.292 e. The van der Waals surface area contributed by atoms with Gasteiger partial charge in [0.2, 0.25) is 0 Å². The van der Waals surface area contributed by atoms with Gasteiger partial charge < -0.3 is 0 Å². The third kappa shape index (κ3) is 3.14. The molecule has 0 aliphatic carbocycles. The molecule has 0 fully saturated rings. The fourth-order valence-electron chi connectivity index (χ4n) is 1.29. The van der Waals surface area contributed by atoms with Crippen LogP contribution in [-0.4, -0.2) is 21.2 Å². The van der Waals surface area contributed by atoms with Crippen molar-refractivity contribution in [3.63, 3.8) is 0 Å². The summed E-state index contributed by atoms with van der Waals surface area (Å²) in [5.74, 6) is 0.691. The van der Waals surface area contributed by atoms with Crippen molar-refractivity contribution in [1.29, 1.82) is 0 Å². The number of amides is 2. The highest BCUT2D eigenvalue weighted by molar-refractivity contribution is 5.98. The van der Waals surface area contributed by atoms with Crippen LogP contribution in [0.4, 0.5) is 16.4 Å². The summed E-state index contributed by atoms with van der Waals surface area (Å²) in [5.41, 5.74) is 0.469. The molecule has 0 radical (unpaired) electrons. The summed E-state index contributed by atoms with van der Waals surface area (Å²) in [7, 11) is 0. The van der Waals surface area contributed by atoms with Gasteiger partial charge in [0.1, 0.15) is 5.82 Å². The summed E-state index contributed by atoms with van der Waals surface area (Å²) >= 11 is 0. The van der Waals surface area contributed by atoms with Crippen molar-refractivity contribution in [2.24, 2.45) is 0 Å². The average Bonchev–Trinajstić information content (AvgIpc) is 2.32. The summed E-state index contributed by atoms with van der Waals surface area (Å²) in [4.78, 5) is 26.5. The molecule has 0 aliphatic rings. The van der Waals surface area contributed by atoms with E-state index in [9.17, 15) is 9.59 Å². The largest absolute Gasteiger partial charge is 0.326 e. The molecule has 7 nitrogen and oxygen atoms in total. The van der Waals surface area contributed by atoms with E-state index in [-0.39, 0.29) is 11.4 Å². The van der Waals surface area contributed by atoms with E-state index in [2.05, 4.69) is 25.8 Å². The first-order valence-corrected chi connectivity index (χ1v) is 5.21. The lowest BCUT2D eigenvalue weighted by Gasteiger charge is -2.06. The summed E-state index contributed by atoms with van der Waals surface area (Å²) in [6.07, 6.45) is 0. The highest BCUT2D eigenvalue weighted by atomic mass is 16.2. The summed E-state index contributed by atoms with van der Waals surface area (Å²) in [5, 5.41) is 10.9. The summed E-state index contributed by atoms with van der Waals surface area (Å²) in [6, 6.07) is 7.48. The number of aromatic nitrogens is 3. The monoisotopic (exact) mass is 245 g/mol. The van der Waals surface area contributed by atoms with Gasteiger partial charge in [-0.15, -0.1) is 0 Å². The maximum absolute atomic E-state index is 11.6. The standard InChI is InChI=1S/C11H11N5O2/c1-7-3-2-4-8(12-7)13-11(18)14-9-5-6-10(17)16-15-9/h2-6H,1H3,(H,16,17)(H2,12,13,14,15,18). The number of carbonyl (C=O) groups excluding carboxylic acids is 1. The molecule has 0 atom stereocenters. The van der Waals surface area contributed by atoms with Crippen LogP contribution in [0.25, 0.3) is 0 Å².